The van der Waals surface area contributed by atoms with Crippen LogP contribution in [0.25, 0.3) is 11.5 Å². The summed E-state index contributed by atoms with van der Waals surface area (Å²) in [6.45, 7) is -0.384. The lowest BCUT2D eigenvalue weighted by Gasteiger charge is -2.22. The van der Waals surface area contributed by atoms with Crippen molar-refractivity contribution in [1.82, 2.24) is 20.1 Å². The molecule has 0 bridgehead atoms. The quantitative estimate of drug-likeness (QED) is 0.260. The fourth-order valence-electron chi connectivity index (χ4n) is 4.07. The van der Waals surface area contributed by atoms with Gasteiger partial charge in [-0.3, -0.25) is 0 Å². The molecule has 0 amide bonds. The van der Waals surface area contributed by atoms with Crippen molar-refractivity contribution in [3.8, 4) is 11.5 Å². The number of rotatable bonds is 7. The highest BCUT2D eigenvalue weighted by Gasteiger charge is 2.38. The molecule has 39 heavy (non-hydrogen) atoms. The van der Waals surface area contributed by atoms with E-state index in [1.807, 2.05) is 0 Å². The van der Waals surface area contributed by atoms with Gasteiger partial charge in [0, 0.05) is 17.4 Å². The third kappa shape index (κ3) is 5.55. The normalized spacial score (nSPS) is 17.3. The lowest BCUT2D eigenvalue weighted by molar-refractivity contribution is -0.146. The van der Waals surface area contributed by atoms with Crippen LogP contribution in [0.15, 0.2) is 64.1 Å². The smallest absolute Gasteiger partial charge is 0.394 e. The summed E-state index contributed by atoms with van der Waals surface area (Å²) < 4.78 is 68.7. The van der Waals surface area contributed by atoms with Gasteiger partial charge in [0.05, 0.1) is 29.4 Å². The molecule has 0 saturated carbocycles. The second kappa shape index (κ2) is 10.2. The van der Waals surface area contributed by atoms with Gasteiger partial charge in [0.25, 0.3) is 11.7 Å². The van der Waals surface area contributed by atoms with Crippen molar-refractivity contribution in [2.24, 2.45) is 0 Å². The van der Waals surface area contributed by atoms with Gasteiger partial charge in [-0.2, -0.15) is 23.1 Å². The van der Waals surface area contributed by atoms with Crippen LogP contribution < -0.4 is 10.6 Å². The molecular formula is C24H21F3N6O5S. The Labute approximate surface area is 219 Å². The van der Waals surface area contributed by atoms with Crippen LogP contribution in [0.2, 0.25) is 0 Å². The number of hydrogen-bond donors (Lipinski definition) is 4. The minimum Gasteiger partial charge on any atom is -0.394 e. The molecule has 0 spiro atoms. The number of anilines is 3. The standard InChI is InChI=1S/C24H21F3N6O5S/c25-24(26,27)22-32-21(38-33-22)16-11-28-23(31-20(16)30-17(12-34)13-4-2-1-3-5-13)29-14-6-7-19-15(10-14)18(35)8-9-39(19,36)37/h1-7,10-11,17-18,34-35H,8-9,12H2,(H2,28,29,30,31)/t17-,18?/m1/s1. The van der Waals surface area contributed by atoms with Crippen molar-refractivity contribution in [3.05, 3.63) is 71.7 Å². The number of nitrogens with zero attached hydrogens (tertiary/aromatic N) is 4. The number of aromatic nitrogens is 4. The average Bonchev–Trinajstić information content (AvgIpc) is 3.41. The Morgan fingerprint density at radius 3 is 2.59 bits per heavy atom. The van der Waals surface area contributed by atoms with E-state index in [0.717, 1.165) is 0 Å². The van der Waals surface area contributed by atoms with E-state index in [2.05, 4.69) is 30.7 Å². The monoisotopic (exact) mass is 562 g/mol. The molecule has 0 radical (unpaired) electrons. The number of sulfone groups is 1. The van der Waals surface area contributed by atoms with Gasteiger partial charge in [-0.15, -0.1) is 0 Å². The zero-order chi connectivity index (χ0) is 27.8. The van der Waals surface area contributed by atoms with Crippen LogP contribution >= 0.6 is 0 Å². The molecule has 15 heteroatoms. The van der Waals surface area contributed by atoms with Crippen LogP contribution in [0.1, 0.15) is 35.5 Å². The maximum atomic E-state index is 13.1. The number of aliphatic hydroxyl groups excluding tert-OH is 2. The average molecular weight is 563 g/mol. The van der Waals surface area contributed by atoms with Crippen LogP contribution in [0.5, 0.6) is 0 Å². The Bertz CT molecular complexity index is 1600. The predicted octanol–water partition coefficient (Wildman–Crippen LogP) is 3.65. The molecular weight excluding hydrogens is 541 g/mol. The van der Waals surface area contributed by atoms with Crippen molar-refractivity contribution >= 4 is 27.3 Å². The van der Waals surface area contributed by atoms with Gasteiger partial charge in [0.2, 0.25) is 5.95 Å². The molecule has 2 atom stereocenters. The molecule has 11 nitrogen and oxygen atoms in total. The molecule has 0 aliphatic carbocycles. The molecule has 4 N–H and O–H groups in total. The van der Waals surface area contributed by atoms with Gasteiger partial charge in [-0.25, -0.2) is 13.4 Å². The van der Waals surface area contributed by atoms with Crippen LogP contribution in [-0.2, 0) is 16.0 Å². The molecule has 4 aromatic rings. The van der Waals surface area contributed by atoms with Crippen LogP contribution in [0, 0.1) is 0 Å². The third-order valence-electron chi connectivity index (χ3n) is 6.01. The summed E-state index contributed by atoms with van der Waals surface area (Å²) in [5, 5.41) is 29.2. The SMILES string of the molecule is O=S1(=O)CCC(O)c2cc(Nc3ncc(-c4nc(C(F)(F)F)no4)c(N[C@H](CO)c4ccccc4)n3)ccc21. The van der Waals surface area contributed by atoms with Crippen molar-refractivity contribution in [2.75, 3.05) is 23.0 Å². The Kier molecular flexibility index (Phi) is 6.96. The lowest BCUT2D eigenvalue weighted by Crippen LogP contribution is -2.20. The summed E-state index contributed by atoms with van der Waals surface area (Å²) in [5.74, 6) is -2.17. The molecule has 204 valence electrons. The van der Waals surface area contributed by atoms with Gasteiger partial charge in [-0.05, 0) is 30.2 Å². The van der Waals surface area contributed by atoms with Crippen LogP contribution in [0.3, 0.4) is 0 Å². The highest BCUT2D eigenvalue weighted by atomic mass is 32.2. The van der Waals surface area contributed by atoms with E-state index in [4.69, 9.17) is 4.52 Å². The highest BCUT2D eigenvalue weighted by Crippen LogP contribution is 2.36. The number of halogens is 3. The number of alkyl halides is 3. The van der Waals surface area contributed by atoms with Gasteiger partial charge in [-0.1, -0.05) is 35.5 Å². The van der Waals surface area contributed by atoms with E-state index >= 15 is 0 Å². The van der Waals surface area contributed by atoms with Crippen LogP contribution in [-0.4, -0.2) is 51.1 Å². The maximum Gasteiger partial charge on any atom is 0.455 e. The summed E-state index contributed by atoms with van der Waals surface area (Å²) in [7, 11) is -3.51. The minimum absolute atomic E-state index is 0.0188. The van der Waals surface area contributed by atoms with Crippen molar-refractivity contribution < 1.29 is 36.3 Å². The lowest BCUT2D eigenvalue weighted by atomic mass is 10.1. The first-order chi connectivity index (χ1) is 18.5. The topological polar surface area (TPSA) is 163 Å². The predicted molar refractivity (Wildman–Crippen MR) is 132 cm³/mol. The maximum absolute atomic E-state index is 13.1. The second-order valence-electron chi connectivity index (χ2n) is 8.67. The van der Waals surface area contributed by atoms with Crippen molar-refractivity contribution in [3.63, 3.8) is 0 Å². The summed E-state index contributed by atoms with van der Waals surface area (Å²) in [5.41, 5.74) is 1.22. The Morgan fingerprint density at radius 1 is 1.13 bits per heavy atom. The number of nitrogens with one attached hydrogen (secondary N) is 2. The number of fused-ring (bicyclic) bond motifs is 1. The fraction of sp³-hybridized carbons (Fsp3) is 0.250. The molecule has 0 saturated heterocycles. The molecule has 3 heterocycles. The number of hydrogen-bond acceptors (Lipinski definition) is 11. The first-order valence-electron chi connectivity index (χ1n) is 11.6. The first-order valence-corrected chi connectivity index (χ1v) is 13.2. The van der Waals surface area contributed by atoms with Crippen molar-refractivity contribution in [2.45, 2.75) is 29.6 Å². The Morgan fingerprint density at radius 2 is 1.90 bits per heavy atom. The molecule has 1 aliphatic heterocycles. The molecule has 1 unspecified atom stereocenters. The van der Waals surface area contributed by atoms with E-state index in [9.17, 15) is 31.8 Å². The van der Waals surface area contributed by atoms with Crippen molar-refractivity contribution in [1.29, 1.82) is 0 Å². The van der Waals surface area contributed by atoms with E-state index in [1.165, 1.54) is 24.4 Å². The fourth-order valence-corrected chi connectivity index (χ4v) is 5.66. The zero-order valence-electron chi connectivity index (χ0n) is 19.9. The van der Waals surface area contributed by atoms with E-state index in [1.54, 1.807) is 30.3 Å². The van der Waals surface area contributed by atoms with E-state index in [-0.39, 0.29) is 46.6 Å². The Hall–Kier alpha value is -4.08. The first kappa shape index (κ1) is 26.5. The highest BCUT2D eigenvalue weighted by molar-refractivity contribution is 7.91. The van der Waals surface area contributed by atoms with Gasteiger partial charge >= 0.3 is 6.18 Å². The van der Waals surface area contributed by atoms with Gasteiger partial charge in [0.1, 0.15) is 11.4 Å². The minimum atomic E-state index is -4.83. The third-order valence-corrected chi connectivity index (χ3v) is 7.83. The Balaban J connectivity index is 1.52. The molecule has 0 fully saturated rings. The van der Waals surface area contributed by atoms with E-state index in [0.29, 0.717) is 11.3 Å². The summed E-state index contributed by atoms with van der Waals surface area (Å²) >= 11 is 0. The summed E-state index contributed by atoms with van der Waals surface area (Å²) in [4.78, 5) is 11.9. The van der Waals surface area contributed by atoms with Crippen LogP contribution in [0.4, 0.5) is 30.6 Å². The molecule has 1 aliphatic rings. The number of benzene rings is 2. The summed E-state index contributed by atoms with van der Waals surface area (Å²) in [6, 6.07) is 12.4. The molecule has 2 aromatic heterocycles. The van der Waals surface area contributed by atoms with Gasteiger partial charge < -0.3 is 25.4 Å². The zero-order valence-corrected chi connectivity index (χ0v) is 20.7. The summed E-state index contributed by atoms with van der Waals surface area (Å²) in [6.07, 6.45) is -4.57. The van der Waals surface area contributed by atoms with Gasteiger partial charge in [0.15, 0.2) is 9.84 Å². The van der Waals surface area contributed by atoms with E-state index < -0.39 is 39.9 Å². The second-order valence-corrected chi connectivity index (χ2v) is 10.7. The number of aliphatic hydroxyl groups is 2. The largest absolute Gasteiger partial charge is 0.455 e. The molecule has 2 aromatic carbocycles. The molecule has 5 rings (SSSR count).